The fourth-order valence-electron chi connectivity index (χ4n) is 1.29. The molecule has 1 aromatic rings. The van der Waals surface area contributed by atoms with Gasteiger partial charge < -0.3 is 16.4 Å². The number of ketones is 1. The molecule has 4 N–H and O–H groups in total. The number of carbonyl (C=O) groups excluding carboxylic acids is 3. The van der Waals surface area contributed by atoms with Crippen molar-refractivity contribution in [3.63, 3.8) is 0 Å². The van der Waals surface area contributed by atoms with E-state index in [2.05, 4.69) is 10.6 Å². The number of urea groups is 1. The van der Waals surface area contributed by atoms with Gasteiger partial charge in [-0.25, -0.2) is 4.79 Å². The first-order valence-electron chi connectivity index (χ1n) is 5.43. The largest absolute Gasteiger partial charge is 0.370 e. The van der Waals surface area contributed by atoms with Gasteiger partial charge in [0.1, 0.15) is 0 Å². The Morgan fingerprint density at radius 3 is 2.61 bits per heavy atom. The fourth-order valence-corrected chi connectivity index (χ4v) is 1.29. The number of hydrogen-bond donors (Lipinski definition) is 3. The van der Waals surface area contributed by atoms with Crippen molar-refractivity contribution >= 4 is 23.4 Å². The van der Waals surface area contributed by atoms with Gasteiger partial charge in [-0.1, -0.05) is 12.1 Å². The number of anilines is 1. The minimum absolute atomic E-state index is 0.0761. The van der Waals surface area contributed by atoms with Gasteiger partial charge in [-0.2, -0.15) is 0 Å². The van der Waals surface area contributed by atoms with Crippen molar-refractivity contribution in [1.29, 1.82) is 0 Å². The first kappa shape index (κ1) is 13.7. The maximum atomic E-state index is 11.4. The molecule has 0 radical (unpaired) electrons. The summed E-state index contributed by atoms with van der Waals surface area (Å²) in [5.41, 5.74) is 5.97. The molecule has 0 bridgehead atoms. The number of hydrogen-bond acceptors (Lipinski definition) is 3. The summed E-state index contributed by atoms with van der Waals surface area (Å²) in [5.74, 6) is -0.554. The van der Waals surface area contributed by atoms with E-state index in [-0.39, 0.29) is 18.7 Å². The zero-order chi connectivity index (χ0) is 13.5. The van der Waals surface area contributed by atoms with Crippen molar-refractivity contribution in [1.82, 2.24) is 5.32 Å². The van der Waals surface area contributed by atoms with Crippen molar-refractivity contribution in [3.05, 3.63) is 29.8 Å². The predicted octanol–water partition coefficient (Wildman–Crippen LogP) is 0.886. The molecular formula is C12H15N3O3. The summed E-state index contributed by atoms with van der Waals surface area (Å²) in [6, 6.07) is 6.14. The topological polar surface area (TPSA) is 101 Å². The summed E-state index contributed by atoms with van der Waals surface area (Å²) in [7, 11) is 0. The number of benzene rings is 1. The summed E-state index contributed by atoms with van der Waals surface area (Å²) in [4.78, 5) is 33.0. The van der Waals surface area contributed by atoms with Crippen LogP contribution in [0.5, 0.6) is 0 Å². The average Bonchev–Trinajstić information content (AvgIpc) is 2.28. The quantitative estimate of drug-likeness (QED) is 0.675. The Hall–Kier alpha value is -2.37. The zero-order valence-electron chi connectivity index (χ0n) is 10.0. The molecule has 0 fully saturated rings. The number of carbonyl (C=O) groups is 3. The Bertz CT molecular complexity index is 471. The molecule has 1 rings (SSSR count). The van der Waals surface area contributed by atoms with Crippen LogP contribution >= 0.6 is 0 Å². The lowest BCUT2D eigenvalue weighted by molar-refractivity contribution is -0.117. The molecule has 6 nitrogen and oxygen atoms in total. The molecule has 0 atom stereocenters. The second-order valence-electron chi connectivity index (χ2n) is 3.73. The van der Waals surface area contributed by atoms with Gasteiger partial charge in [-0.05, 0) is 19.1 Å². The van der Waals surface area contributed by atoms with Gasteiger partial charge in [0.15, 0.2) is 5.78 Å². The average molecular weight is 249 g/mol. The van der Waals surface area contributed by atoms with E-state index in [1.165, 1.54) is 6.92 Å². The van der Waals surface area contributed by atoms with Gasteiger partial charge in [0.05, 0.1) is 0 Å². The van der Waals surface area contributed by atoms with Crippen LogP contribution in [0.2, 0.25) is 0 Å². The Labute approximate surface area is 105 Å². The second kappa shape index (κ2) is 6.39. The van der Waals surface area contributed by atoms with E-state index < -0.39 is 11.9 Å². The highest BCUT2D eigenvalue weighted by Gasteiger charge is 2.04. The normalized spacial score (nSPS) is 9.61. The van der Waals surface area contributed by atoms with E-state index in [4.69, 9.17) is 5.73 Å². The highest BCUT2D eigenvalue weighted by molar-refractivity contribution is 5.96. The Kier molecular flexibility index (Phi) is 4.86. The lowest BCUT2D eigenvalue weighted by Crippen LogP contribution is -2.31. The zero-order valence-corrected chi connectivity index (χ0v) is 10.0. The Morgan fingerprint density at radius 2 is 2.00 bits per heavy atom. The molecule has 0 unspecified atom stereocenters. The smallest absolute Gasteiger partial charge is 0.319 e. The molecule has 0 aliphatic heterocycles. The number of rotatable bonds is 5. The van der Waals surface area contributed by atoms with Crippen LogP contribution in [0.25, 0.3) is 0 Å². The first-order valence-corrected chi connectivity index (χ1v) is 5.43. The van der Waals surface area contributed by atoms with Gasteiger partial charge in [-0.3, -0.25) is 9.59 Å². The van der Waals surface area contributed by atoms with Crippen molar-refractivity contribution in [2.75, 3.05) is 11.9 Å². The molecule has 0 saturated heterocycles. The second-order valence-corrected chi connectivity index (χ2v) is 3.73. The minimum Gasteiger partial charge on any atom is -0.370 e. The SMILES string of the molecule is CC(=O)c1cccc(NC(=O)NCCC(N)=O)c1. The molecule has 0 spiro atoms. The number of nitrogens with one attached hydrogen (secondary N) is 2. The molecule has 0 heterocycles. The van der Waals surface area contributed by atoms with Crippen LogP contribution in [-0.2, 0) is 4.79 Å². The molecule has 0 aromatic heterocycles. The maximum absolute atomic E-state index is 11.4. The fraction of sp³-hybridized carbons (Fsp3) is 0.250. The Morgan fingerprint density at radius 1 is 1.28 bits per heavy atom. The van der Waals surface area contributed by atoms with Gasteiger partial charge >= 0.3 is 6.03 Å². The third kappa shape index (κ3) is 4.65. The summed E-state index contributed by atoms with van der Waals surface area (Å²) in [6.45, 7) is 1.62. The van der Waals surface area contributed by atoms with Crippen LogP contribution in [0.4, 0.5) is 10.5 Å². The molecule has 6 heteroatoms. The van der Waals surface area contributed by atoms with E-state index in [0.29, 0.717) is 11.3 Å². The molecule has 96 valence electrons. The van der Waals surface area contributed by atoms with E-state index in [0.717, 1.165) is 0 Å². The van der Waals surface area contributed by atoms with Crippen LogP contribution in [0.3, 0.4) is 0 Å². The van der Waals surface area contributed by atoms with E-state index in [1.807, 2.05) is 0 Å². The molecule has 0 aliphatic carbocycles. The molecular weight excluding hydrogens is 234 g/mol. The molecule has 0 saturated carbocycles. The van der Waals surface area contributed by atoms with Crippen molar-refractivity contribution in [2.45, 2.75) is 13.3 Å². The lowest BCUT2D eigenvalue weighted by atomic mass is 10.1. The van der Waals surface area contributed by atoms with Gasteiger partial charge in [-0.15, -0.1) is 0 Å². The summed E-state index contributed by atoms with van der Waals surface area (Å²) in [5, 5.41) is 5.03. The standard InChI is InChI=1S/C12H15N3O3/c1-8(16)9-3-2-4-10(7-9)15-12(18)14-6-5-11(13)17/h2-4,7H,5-6H2,1H3,(H2,13,17)(H2,14,15,18). The van der Waals surface area contributed by atoms with Crippen LogP contribution in [-0.4, -0.2) is 24.3 Å². The number of primary amides is 1. The number of amides is 3. The van der Waals surface area contributed by atoms with Gasteiger partial charge in [0.2, 0.25) is 5.91 Å². The van der Waals surface area contributed by atoms with Crippen LogP contribution in [0, 0.1) is 0 Å². The number of nitrogens with two attached hydrogens (primary N) is 1. The van der Waals surface area contributed by atoms with Crippen LogP contribution in [0.15, 0.2) is 24.3 Å². The highest BCUT2D eigenvalue weighted by Crippen LogP contribution is 2.10. The van der Waals surface area contributed by atoms with Crippen molar-refractivity contribution < 1.29 is 14.4 Å². The van der Waals surface area contributed by atoms with E-state index in [1.54, 1.807) is 24.3 Å². The van der Waals surface area contributed by atoms with Crippen molar-refractivity contribution in [3.8, 4) is 0 Å². The summed E-state index contributed by atoms with van der Waals surface area (Å²) in [6.07, 6.45) is 0.0842. The van der Waals surface area contributed by atoms with Crippen molar-refractivity contribution in [2.24, 2.45) is 5.73 Å². The highest BCUT2D eigenvalue weighted by atomic mass is 16.2. The molecule has 1 aromatic carbocycles. The van der Waals surface area contributed by atoms with E-state index in [9.17, 15) is 14.4 Å². The van der Waals surface area contributed by atoms with Crippen LogP contribution in [0.1, 0.15) is 23.7 Å². The Balaban J connectivity index is 2.51. The lowest BCUT2D eigenvalue weighted by Gasteiger charge is -2.07. The summed E-state index contributed by atoms with van der Waals surface area (Å²) >= 11 is 0. The molecule has 0 aliphatic rings. The van der Waals surface area contributed by atoms with E-state index >= 15 is 0 Å². The molecule has 18 heavy (non-hydrogen) atoms. The monoisotopic (exact) mass is 249 g/mol. The number of Topliss-reactive ketones (excluding diaryl/α,β-unsaturated/α-hetero) is 1. The minimum atomic E-state index is -0.478. The van der Waals surface area contributed by atoms with Gasteiger partial charge in [0, 0.05) is 24.2 Å². The maximum Gasteiger partial charge on any atom is 0.319 e. The summed E-state index contributed by atoms with van der Waals surface area (Å²) < 4.78 is 0. The van der Waals surface area contributed by atoms with Gasteiger partial charge in [0.25, 0.3) is 0 Å². The third-order valence-electron chi connectivity index (χ3n) is 2.18. The third-order valence-corrected chi connectivity index (χ3v) is 2.18. The molecule has 3 amide bonds. The predicted molar refractivity (Wildman–Crippen MR) is 67.3 cm³/mol. The van der Waals surface area contributed by atoms with Crippen LogP contribution < -0.4 is 16.4 Å². The first-order chi connectivity index (χ1) is 8.49.